The number of hydrogen-bond acceptors (Lipinski definition) is 5. The van der Waals surface area contributed by atoms with Crippen LogP contribution in [-0.4, -0.2) is 27.9 Å². The first-order valence-electron chi connectivity index (χ1n) is 7.86. The van der Waals surface area contributed by atoms with Gasteiger partial charge in [0.15, 0.2) is 11.8 Å². The van der Waals surface area contributed by atoms with E-state index in [1.807, 2.05) is 60.7 Å². The number of carboxylic acids is 1. The Morgan fingerprint density at radius 3 is 2.24 bits per heavy atom. The van der Waals surface area contributed by atoms with Crippen molar-refractivity contribution in [1.29, 1.82) is 0 Å². The predicted octanol–water partition coefficient (Wildman–Crippen LogP) is 2.09. The highest BCUT2D eigenvalue weighted by molar-refractivity contribution is 6.10. The van der Waals surface area contributed by atoms with Gasteiger partial charge in [0.05, 0.1) is 12.7 Å². The number of carboxylic acid groups (broad SMARTS) is 1. The minimum absolute atomic E-state index is 0.0333. The summed E-state index contributed by atoms with van der Waals surface area (Å²) < 4.78 is 5.60. The van der Waals surface area contributed by atoms with Crippen molar-refractivity contribution in [2.24, 2.45) is 0 Å². The summed E-state index contributed by atoms with van der Waals surface area (Å²) in [5.41, 5.74) is 4.59. The number of hydrogen-bond donors (Lipinski definition) is 2. The average Bonchev–Trinajstić information content (AvgIpc) is 2.63. The summed E-state index contributed by atoms with van der Waals surface area (Å²) >= 11 is 0. The van der Waals surface area contributed by atoms with E-state index in [-0.39, 0.29) is 12.4 Å². The van der Waals surface area contributed by atoms with Crippen molar-refractivity contribution in [1.82, 2.24) is 10.4 Å². The molecule has 2 aromatic carbocycles. The number of benzene rings is 2. The molecule has 1 aliphatic rings. The van der Waals surface area contributed by atoms with E-state index in [1.54, 1.807) is 5.01 Å². The third kappa shape index (κ3) is 4.24. The van der Waals surface area contributed by atoms with Gasteiger partial charge in [-0.3, -0.25) is 4.79 Å². The number of aliphatic carboxylic acids is 1. The summed E-state index contributed by atoms with van der Waals surface area (Å²) in [4.78, 5) is 23.7. The van der Waals surface area contributed by atoms with Crippen LogP contribution in [0.3, 0.4) is 0 Å². The number of Topliss-reactive ketones (excluding diaryl/α,β-unsaturated/α-hetero) is 1. The first kappa shape index (κ1) is 16.7. The second kappa shape index (κ2) is 7.63. The smallest absolute Gasteiger partial charge is 0.330 e. The molecule has 25 heavy (non-hydrogen) atoms. The number of carbonyl (C=O) groups is 2. The Labute approximate surface area is 145 Å². The molecule has 1 heterocycles. The Balaban J connectivity index is 1.77. The molecule has 0 aromatic heterocycles. The van der Waals surface area contributed by atoms with Gasteiger partial charge in [0.25, 0.3) is 0 Å². The van der Waals surface area contributed by atoms with Crippen molar-refractivity contribution in [2.45, 2.75) is 19.2 Å². The van der Waals surface area contributed by atoms with Gasteiger partial charge in [-0.2, -0.15) is 0 Å². The van der Waals surface area contributed by atoms with Crippen LogP contribution in [0.2, 0.25) is 0 Å². The molecule has 3 rings (SSSR count). The molecule has 6 heteroatoms. The van der Waals surface area contributed by atoms with E-state index in [9.17, 15) is 14.7 Å². The van der Waals surface area contributed by atoms with Crippen molar-refractivity contribution < 1.29 is 19.4 Å². The number of ketones is 1. The Morgan fingerprint density at radius 2 is 1.64 bits per heavy atom. The van der Waals surface area contributed by atoms with Gasteiger partial charge in [-0.05, 0) is 11.1 Å². The molecule has 0 saturated heterocycles. The Morgan fingerprint density at radius 1 is 1.04 bits per heavy atom. The Hall–Kier alpha value is -3.12. The molecule has 128 valence electrons. The van der Waals surface area contributed by atoms with Crippen molar-refractivity contribution in [3.05, 3.63) is 83.7 Å². The van der Waals surface area contributed by atoms with E-state index >= 15 is 0 Å². The summed E-state index contributed by atoms with van der Waals surface area (Å²) in [7, 11) is 0. The first-order chi connectivity index (χ1) is 12.1. The molecule has 6 nitrogen and oxygen atoms in total. The zero-order valence-corrected chi connectivity index (χ0v) is 13.5. The molecule has 0 fully saturated rings. The maximum absolute atomic E-state index is 12.3. The lowest BCUT2D eigenvalue weighted by atomic mass is 10.1. The van der Waals surface area contributed by atoms with Gasteiger partial charge in [0, 0.05) is 0 Å². The van der Waals surface area contributed by atoms with Gasteiger partial charge >= 0.3 is 5.97 Å². The second-order valence-corrected chi connectivity index (χ2v) is 5.65. The van der Waals surface area contributed by atoms with Crippen molar-refractivity contribution in [3.63, 3.8) is 0 Å². The molecule has 2 aromatic rings. The quantitative estimate of drug-likeness (QED) is 0.785. The highest BCUT2D eigenvalue weighted by atomic mass is 16.5. The molecule has 1 aliphatic heterocycles. The van der Waals surface area contributed by atoms with Crippen LogP contribution in [0.4, 0.5) is 0 Å². The third-order valence-corrected chi connectivity index (χ3v) is 3.75. The topological polar surface area (TPSA) is 78.9 Å². The van der Waals surface area contributed by atoms with Crippen molar-refractivity contribution in [2.75, 3.05) is 0 Å². The summed E-state index contributed by atoms with van der Waals surface area (Å²) in [5.74, 6) is -1.80. The average molecular weight is 338 g/mol. The highest BCUT2D eigenvalue weighted by Crippen LogP contribution is 2.16. The molecule has 0 amide bonds. The lowest BCUT2D eigenvalue weighted by Crippen LogP contribution is -2.54. The van der Waals surface area contributed by atoms with Crippen molar-refractivity contribution >= 4 is 11.8 Å². The Bertz CT molecular complexity index is 775. The van der Waals surface area contributed by atoms with E-state index < -0.39 is 17.8 Å². The van der Waals surface area contributed by atoms with Crippen LogP contribution in [0.15, 0.2) is 72.6 Å². The van der Waals surface area contributed by atoms with Crippen LogP contribution in [0.1, 0.15) is 11.1 Å². The standard InChI is InChI=1S/C19H18N2O4/c22-18-16(25-13-15-9-5-2-6-10-15)12-21(20-17(18)19(23)24)11-14-7-3-1-4-8-14/h1-10,12,17,20H,11,13H2,(H,23,24). The van der Waals surface area contributed by atoms with Gasteiger partial charge in [-0.1, -0.05) is 60.7 Å². The number of nitrogens with one attached hydrogen (secondary N) is 1. The first-order valence-corrected chi connectivity index (χ1v) is 7.86. The molecule has 0 spiro atoms. The van der Waals surface area contributed by atoms with E-state index in [1.165, 1.54) is 6.20 Å². The molecule has 0 bridgehead atoms. The van der Waals surface area contributed by atoms with E-state index in [2.05, 4.69) is 5.43 Å². The summed E-state index contributed by atoms with van der Waals surface area (Å²) in [6.07, 6.45) is 1.51. The van der Waals surface area contributed by atoms with Crippen molar-refractivity contribution in [3.8, 4) is 0 Å². The van der Waals surface area contributed by atoms with Gasteiger partial charge in [-0.25, -0.2) is 10.2 Å². The number of carbonyl (C=O) groups excluding carboxylic acids is 1. The maximum atomic E-state index is 12.3. The van der Waals surface area contributed by atoms with Gasteiger partial charge < -0.3 is 14.9 Å². The number of nitrogens with zero attached hydrogens (tertiary/aromatic N) is 1. The van der Waals surface area contributed by atoms with Gasteiger partial charge in [-0.15, -0.1) is 0 Å². The SMILES string of the molecule is O=C(O)C1NN(Cc2ccccc2)C=C(OCc2ccccc2)C1=O. The van der Waals surface area contributed by atoms with E-state index in [0.717, 1.165) is 11.1 Å². The van der Waals surface area contributed by atoms with Crippen LogP contribution in [-0.2, 0) is 27.5 Å². The van der Waals surface area contributed by atoms with E-state index in [4.69, 9.17) is 4.74 Å². The fourth-order valence-electron chi connectivity index (χ4n) is 2.49. The monoisotopic (exact) mass is 338 g/mol. The van der Waals surface area contributed by atoms with E-state index in [0.29, 0.717) is 6.54 Å². The third-order valence-electron chi connectivity index (χ3n) is 3.75. The summed E-state index contributed by atoms with van der Waals surface area (Å²) in [6, 6.07) is 17.6. The van der Waals surface area contributed by atoms with Gasteiger partial charge in [0.1, 0.15) is 6.61 Å². The number of hydrazine groups is 1. The molecule has 0 aliphatic carbocycles. The normalized spacial score (nSPS) is 17.1. The summed E-state index contributed by atoms with van der Waals surface area (Å²) in [6.45, 7) is 0.611. The fourth-order valence-corrected chi connectivity index (χ4v) is 2.49. The molecular formula is C19H18N2O4. The van der Waals surface area contributed by atoms with Crippen LogP contribution < -0.4 is 5.43 Å². The molecule has 0 saturated carbocycles. The lowest BCUT2D eigenvalue weighted by Gasteiger charge is -2.30. The minimum atomic E-state index is -1.36. The maximum Gasteiger partial charge on any atom is 0.330 e. The lowest BCUT2D eigenvalue weighted by molar-refractivity contribution is -0.146. The minimum Gasteiger partial charge on any atom is -0.483 e. The highest BCUT2D eigenvalue weighted by Gasteiger charge is 2.35. The zero-order chi connectivity index (χ0) is 17.6. The molecule has 2 N–H and O–H groups in total. The van der Waals surface area contributed by atoms with Crippen LogP contribution in [0, 0.1) is 0 Å². The predicted molar refractivity (Wildman–Crippen MR) is 90.9 cm³/mol. The molecule has 1 unspecified atom stereocenters. The Kier molecular flexibility index (Phi) is 5.11. The van der Waals surface area contributed by atoms with Gasteiger partial charge in [0.2, 0.25) is 5.78 Å². The molecule has 1 atom stereocenters. The second-order valence-electron chi connectivity index (χ2n) is 5.65. The molecule has 0 radical (unpaired) electrons. The summed E-state index contributed by atoms with van der Waals surface area (Å²) in [5, 5.41) is 10.9. The zero-order valence-electron chi connectivity index (χ0n) is 13.5. The molecular weight excluding hydrogens is 320 g/mol. The van der Waals surface area contributed by atoms with Crippen LogP contribution >= 0.6 is 0 Å². The number of rotatable bonds is 6. The number of ether oxygens (including phenoxy) is 1. The largest absolute Gasteiger partial charge is 0.483 e. The van der Waals surface area contributed by atoms with Crippen LogP contribution in [0.25, 0.3) is 0 Å². The fraction of sp³-hybridized carbons (Fsp3) is 0.158. The van der Waals surface area contributed by atoms with Crippen LogP contribution in [0.5, 0.6) is 0 Å².